The Bertz CT molecular complexity index is 591. The first-order valence-electron chi connectivity index (χ1n) is 6.30. The molecule has 0 bridgehead atoms. The summed E-state index contributed by atoms with van der Waals surface area (Å²) in [4.78, 5) is 15.7. The Morgan fingerprint density at radius 2 is 2.00 bits per heavy atom. The average molecular weight is 327 g/mol. The second-order valence-electron chi connectivity index (χ2n) is 4.12. The number of carbonyl (C=O) groups is 1. The van der Waals surface area contributed by atoms with Crippen LogP contribution >= 0.6 is 24.0 Å². The van der Waals surface area contributed by atoms with E-state index in [9.17, 15) is 4.79 Å². The second-order valence-corrected chi connectivity index (χ2v) is 4.52. The summed E-state index contributed by atoms with van der Waals surface area (Å²) >= 11 is 6.09. The number of nitrogens with zero attached hydrogens (tertiary/aromatic N) is 1. The van der Waals surface area contributed by atoms with E-state index < -0.39 is 0 Å². The molecule has 2 aromatic rings. The van der Waals surface area contributed by atoms with Crippen molar-refractivity contribution in [2.75, 3.05) is 6.61 Å². The molecule has 0 radical (unpaired) electrons. The molecule has 1 amide bonds. The molecule has 1 aromatic heterocycles. The van der Waals surface area contributed by atoms with Gasteiger partial charge in [0.25, 0.3) is 5.91 Å². The number of rotatable bonds is 5. The fourth-order valence-electron chi connectivity index (χ4n) is 1.71. The summed E-state index contributed by atoms with van der Waals surface area (Å²) in [5.74, 6) is 0.510. The number of amides is 1. The maximum atomic E-state index is 11.9. The molecule has 112 valence electrons. The lowest BCUT2D eigenvalue weighted by atomic mass is 10.2. The number of nitrogens with one attached hydrogen (secondary N) is 1. The summed E-state index contributed by atoms with van der Waals surface area (Å²) in [6.07, 6.45) is 3.17. The standard InChI is InChI=1S/C15H15ClN2O2.ClH/c1-2-20-14-4-3-11(9-13(14)16)10-18-15(19)12-5-7-17-8-6-12;/h3-9H,2,10H2,1H3,(H,18,19);1H. The van der Waals surface area contributed by atoms with Gasteiger partial charge in [-0.1, -0.05) is 17.7 Å². The number of carbonyl (C=O) groups excluding carboxylic acids is 1. The Kier molecular flexibility index (Phi) is 6.99. The van der Waals surface area contributed by atoms with Gasteiger partial charge in [0.05, 0.1) is 11.6 Å². The fraction of sp³-hybridized carbons (Fsp3) is 0.200. The molecule has 0 aliphatic rings. The van der Waals surface area contributed by atoms with Gasteiger partial charge in [-0.05, 0) is 36.8 Å². The first-order valence-corrected chi connectivity index (χ1v) is 6.68. The lowest BCUT2D eigenvalue weighted by Gasteiger charge is -2.09. The monoisotopic (exact) mass is 326 g/mol. The highest BCUT2D eigenvalue weighted by molar-refractivity contribution is 6.32. The van der Waals surface area contributed by atoms with Crippen LogP contribution in [0.15, 0.2) is 42.7 Å². The maximum absolute atomic E-state index is 11.9. The van der Waals surface area contributed by atoms with Crippen LogP contribution in [-0.2, 0) is 6.54 Å². The first-order chi connectivity index (χ1) is 9.70. The zero-order valence-electron chi connectivity index (χ0n) is 11.5. The van der Waals surface area contributed by atoms with Gasteiger partial charge in [0.1, 0.15) is 5.75 Å². The minimum absolute atomic E-state index is 0. The number of ether oxygens (including phenoxy) is 1. The van der Waals surface area contributed by atoms with Gasteiger partial charge in [-0.2, -0.15) is 0 Å². The third-order valence-corrected chi connectivity index (χ3v) is 2.99. The van der Waals surface area contributed by atoms with E-state index in [1.165, 1.54) is 0 Å². The van der Waals surface area contributed by atoms with E-state index in [2.05, 4.69) is 10.3 Å². The SMILES string of the molecule is CCOc1ccc(CNC(=O)c2ccncc2)cc1Cl.Cl. The van der Waals surface area contributed by atoms with E-state index in [0.29, 0.717) is 29.5 Å². The zero-order valence-corrected chi connectivity index (χ0v) is 13.1. The van der Waals surface area contributed by atoms with Crippen molar-refractivity contribution >= 4 is 29.9 Å². The summed E-state index contributed by atoms with van der Waals surface area (Å²) < 4.78 is 5.36. The molecule has 0 fully saturated rings. The maximum Gasteiger partial charge on any atom is 0.251 e. The lowest BCUT2D eigenvalue weighted by Crippen LogP contribution is -2.22. The molecule has 0 atom stereocenters. The summed E-state index contributed by atoms with van der Waals surface area (Å²) in [6, 6.07) is 8.81. The molecule has 0 aliphatic heterocycles. The number of halogens is 2. The predicted molar refractivity (Wildman–Crippen MR) is 85.3 cm³/mol. The van der Waals surface area contributed by atoms with Crippen LogP contribution < -0.4 is 10.1 Å². The fourth-order valence-corrected chi connectivity index (χ4v) is 1.97. The molecular formula is C15H16Cl2N2O2. The molecule has 2 rings (SSSR count). The van der Waals surface area contributed by atoms with Gasteiger partial charge in [-0.15, -0.1) is 12.4 Å². The highest BCUT2D eigenvalue weighted by Crippen LogP contribution is 2.25. The van der Waals surface area contributed by atoms with Crippen molar-refractivity contribution in [1.29, 1.82) is 0 Å². The quantitative estimate of drug-likeness (QED) is 0.915. The highest BCUT2D eigenvalue weighted by Gasteiger charge is 2.06. The van der Waals surface area contributed by atoms with E-state index in [4.69, 9.17) is 16.3 Å². The molecule has 1 aromatic carbocycles. The highest BCUT2D eigenvalue weighted by atomic mass is 35.5. The Labute approximate surface area is 134 Å². The van der Waals surface area contributed by atoms with Crippen LogP contribution in [0.5, 0.6) is 5.75 Å². The normalized spacial score (nSPS) is 9.62. The summed E-state index contributed by atoms with van der Waals surface area (Å²) in [7, 11) is 0. The Hall–Kier alpha value is -1.78. The number of benzene rings is 1. The molecular weight excluding hydrogens is 311 g/mol. The van der Waals surface area contributed by atoms with Gasteiger partial charge < -0.3 is 10.1 Å². The third kappa shape index (κ3) is 4.92. The Morgan fingerprint density at radius 3 is 2.62 bits per heavy atom. The van der Waals surface area contributed by atoms with Crippen LogP contribution in [0.1, 0.15) is 22.8 Å². The van der Waals surface area contributed by atoms with Crippen LogP contribution in [0.3, 0.4) is 0 Å². The Morgan fingerprint density at radius 1 is 1.29 bits per heavy atom. The van der Waals surface area contributed by atoms with Crippen molar-refractivity contribution in [1.82, 2.24) is 10.3 Å². The molecule has 0 saturated heterocycles. The van der Waals surface area contributed by atoms with E-state index in [1.807, 2.05) is 13.0 Å². The lowest BCUT2D eigenvalue weighted by molar-refractivity contribution is 0.0951. The zero-order chi connectivity index (χ0) is 14.4. The van der Waals surface area contributed by atoms with Gasteiger partial charge >= 0.3 is 0 Å². The van der Waals surface area contributed by atoms with Crippen LogP contribution in [0, 0.1) is 0 Å². The number of hydrogen-bond donors (Lipinski definition) is 1. The van der Waals surface area contributed by atoms with E-state index in [1.54, 1.807) is 36.7 Å². The molecule has 0 aliphatic carbocycles. The van der Waals surface area contributed by atoms with Crippen LogP contribution in [0.25, 0.3) is 0 Å². The van der Waals surface area contributed by atoms with E-state index in [0.717, 1.165) is 5.56 Å². The summed E-state index contributed by atoms with van der Waals surface area (Å²) in [6.45, 7) is 2.88. The van der Waals surface area contributed by atoms with Crippen molar-refractivity contribution < 1.29 is 9.53 Å². The molecule has 6 heteroatoms. The summed E-state index contributed by atoms with van der Waals surface area (Å²) in [5, 5.41) is 3.37. The van der Waals surface area contributed by atoms with Crippen LogP contribution in [-0.4, -0.2) is 17.5 Å². The Balaban J connectivity index is 0.00000220. The van der Waals surface area contributed by atoms with Gasteiger partial charge in [0.2, 0.25) is 0 Å². The molecule has 0 saturated carbocycles. The van der Waals surface area contributed by atoms with E-state index in [-0.39, 0.29) is 18.3 Å². The molecule has 21 heavy (non-hydrogen) atoms. The van der Waals surface area contributed by atoms with Crippen molar-refractivity contribution in [2.45, 2.75) is 13.5 Å². The summed E-state index contributed by atoms with van der Waals surface area (Å²) in [5.41, 5.74) is 1.50. The minimum Gasteiger partial charge on any atom is -0.492 e. The number of pyridine rings is 1. The van der Waals surface area contributed by atoms with Gasteiger partial charge in [-0.25, -0.2) is 0 Å². The molecule has 0 unspecified atom stereocenters. The molecule has 1 heterocycles. The molecule has 0 spiro atoms. The van der Waals surface area contributed by atoms with Crippen LogP contribution in [0.2, 0.25) is 5.02 Å². The first kappa shape index (κ1) is 17.3. The van der Waals surface area contributed by atoms with Crippen molar-refractivity contribution in [3.63, 3.8) is 0 Å². The largest absolute Gasteiger partial charge is 0.492 e. The van der Waals surface area contributed by atoms with Crippen molar-refractivity contribution in [2.24, 2.45) is 0 Å². The third-order valence-electron chi connectivity index (χ3n) is 2.69. The van der Waals surface area contributed by atoms with Crippen molar-refractivity contribution in [3.8, 4) is 5.75 Å². The van der Waals surface area contributed by atoms with Crippen LogP contribution in [0.4, 0.5) is 0 Å². The molecule has 1 N–H and O–H groups in total. The van der Waals surface area contributed by atoms with Gasteiger partial charge in [0, 0.05) is 24.5 Å². The van der Waals surface area contributed by atoms with Gasteiger partial charge in [0.15, 0.2) is 0 Å². The molecule has 4 nitrogen and oxygen atoms in total. The predicted octanol–water partition coefficient (Wildman–Crippen LogP) is 3.49. The van der Waals surface area contributed by atoms with Crippen molar-refractivity contribution in [3.05, 3.63) is 58.9 Å². The average Bonchev–Trinajstić information content (AvgIpc) is 2.48. The second kappa shape index (κ2) is 8.49. The topological polar surface area (TPSA) is 51.2 Å². The van der Waals surface area contributed by atoms with Gasteiger partial charge in [-0.3, -0.25) is 9.78 Å². The minimum atomic E-state index is -0.141. The number of hydrogen-bond acceptors (Lipinski definition) is 3. The van der Waals surface area contributed by atoms with E-state index >= 15 is 0 Å². The number of aromatic nitrogens is 1. The smallest absolute Gasteiger partial charge is 0.251 e.